The summed E-state index contributed by atoms with van der Waals surface area (Å²) < 4.78 is 0. The van der Waals surface area contributed by atoms with Crippen LogP contribution in [0.2, 0.25) is 0 Å². The molecule has 1 aliphatic rings. The molecular weight excluding hydrogens is 338 g/mol. The number of para-hydroxylation sites is 2. The van der Waals surface area contributed by atoms with E-state index in [1.807, 2.05) is 24.3 Å². The summed E-state index contributed by atoms with van der Waals surface area (Å²) in [5.74, 6) is -0.665. The number of nitrogens with one attached hydrogen (secondary N) is 2. The third-order valence-electron chi connectivity index (χ3n) is 4.90. The van der Waals surface area contributed by atoms with Crippen molar-refractivity contribution in [2.45, 2.75) is 39.0 Å². The third-order valence-corrected chi connectivity index (χ3v) is 4.90. The van der Waals surface area contributed by atoms with Gasteiger partial charge in [0.2, 0.25) is 11.8 Å². The highest BCUT2D eigenvalue weighted by atomic mass is 16.2. The number of hydrogen-bond donors (Lipinski definition) is 2. The highest BCUT2D eigenvalue weighted by molar-refractivity contribution is 6.17. The van der Waals surface area contributed by atoms with Crippen molar-refractivity contribution in [2.75, 3.05) is 10.6 Å². The number of benzene rings is 2. The Morgan fingerprint density at radius 2 is 1.44 bits per heavy atom. The minimum Gasteiger partial charge on any atom is -0.325 e. The molecule has 0 bridgehead atoms. The van der Waals surface area contributed by atoms with E-state index in [0.29, 0.717) is 24.1 Å². The summed E-state index contributed by atoms with van der Waals surface area (Å²) >= 11 is 0. The van der Waals surface area contributed by atoms with Crippen molar-refractivity contribution in [3.05, 3.63) is 59.7 Å². The second kappa shape index (κ2) is 6.88. The molecule has 0 saturated heterocycles. The molecule has 2 aromatic carbocycles. The van der Waals surface area contributed by atoms with E-state index in [1.165, 1.54) is 0 Å². The fourth-order valence-corrected chi connectivity index (χ4v) is 3.10. The van der Waals surface area contributed by atoms with Gasteiger partial charge in [-0.1, -0.05) is 51.1 Å². The van der Waals surface area contributed by atoms with Crippen molar-refractivity contribution in [1.29, 1.82) is 5.26 Å². The van der Waals surface area contributed by atoms with Crippen molar-refractivity contribution in [2.24, 2.45) is 5.41 Å². The van der Waals surface area contributed by atoms with Gasteiger partial charge in [0, 0.05) is 5.69 Å². The standard InChI is InChI=1S/C22H23N3O2/c1-21(2,3)16-9-5-7-11-18(16)25-20(27)22(12-13-22)19(26)24-17-10-6-4-8-15(17)14-23/h4-11H,12-13H2,1-3H3,(H,24,26)(H,25,27). The Hall–Kier alpha value is -3.13. The molecule has 0 aromatic heterocycles. The molecule has 0 radical (unpaired) electrons. The quantitative estimate of drug-likeness (QED) is 0.800. The SMILES string of the molecule is CC(C)(C)c1ccccc1NC(=O)C1(C(=O)Nc2ccccc2C#N)CC1. The molecule has 1 saturated carbocycles. The van der Waals surface area contributed by atoms with Crippen LogP contribution < -0.4 is 10.6 Å². The zero-order chi connectivity index (χ0) is 19.7. The van der Waals surface area contributed by atoms with Gasteiger partial charge in [-0.05, 0) is 42.0 Å². The van der Waals surface area contributed by atoms with E-state index in [4.69, 9.17) is 0 Å². The number of hydrogen-bond acceptors (Lipinski definition) is 3. The summed E-state index contributed by atoms with van der Waals surface area (Å²) in [6.45, 7) is 6.24. The number of rotatable bonds is 4. The smallest absolute Gasteiger partial charge is 0.240 e. The zero-order valence-electron chi connectivity index (χ0n) is 15.8. The van der Waals surface area contributed by atoms with Gasteiger partial charge >= 0.3 is 0 Å². The molecule has 5 nitrogen and oxygen atoms in total. The normalized spacial score (nSPS) is 14.7. The molecule has 138 valence electrons. The van der Waals surface area contributed by atoms with Crippen LogP contribution in [0, 0.1) is 16.7 Å². The van der Waals surface area contributed by atoms with Crippen molar-refractivity contribution in [1.82, 2.24) is 0 Å². The topological polar surface area (TPSA) is 82.0 Å². The number of anilines is 2. The Kier molecular flexibility index (Phi) is 4.75. The van der Waals surface area contributed by atoms with Gasteiger partial charge in [0.05, 0.1) is 11.3 Å². The largest absolute Gasteiger partial charge is 0.325 e. The van der Waals surface area contributed by atoms with E-state index in [1.54, 1.807) is 24.3 Å². The Labute approximate surface area is 159 Å². The van der Waals surface area contributed by atoms with Gasteiger partial charge in [-0.25, -0.2) is 0 Å². The van der Waals surface area contributed by atoms with E-state index in [-0.39, 0.29) is 17.2 Å². The summed E-state index contributed by atoms with van der Waals surface area (Å²) in [5.41, 5.74) is 1.34. The maximum absolute atomic E-state index is 12.9. The van der Waals surface area contributed by atoms with Crippen LogP contribution >= 0.6 is 0 Å². The third kappa shape index (κ3) is 3.70. The van der Waals surface area contributed by atoms with E-state index in [0.717, 1.165) is 11.3 Å². The van der Waals surface area contributed by atoms with Crippen molar-refractivity contribution >= 4 is 23.2 Å². The molecule has 0 spiro atoms. The number of carbonyl (C=O) groups is 2. The molecule has 5 heteroatoms. The van der Waals surface area contributed by atoms with Crippen LogP contribution in [-0.4, -0.2) is 11.8 Å². The molecule has 1 fully saturated rings. The van der Waals surface area contributed by atoms with Crippen molar-refractivity contribution in [3.63, 3.8) is 0 Å². The van der Waals surface area contributed by atoms with Gasteiger partial charge in [0.15, 0.2) is 0 Å². The van der Waals surface area contributed by atoms with E-state index >= 15 is 0 Å². The molecule has 27 heavy (non-hydrogen) atoms. The summed E-state index contributed by atoms with van der Waals surface area (Å²) in [7, 11) is 0. The molecular formula is C22H23N3O2. The molecule has 0 unspecified atom stereocenters. The van der Waals surface area contributed by atoms with E-state index in [2.05, 4.69) is 37.5 Å². The lowest BCUT2D eigenvalue weighted by Crippen LogP contribution is -2.36. The Morgan fingerprint density at radius 3 is 2.00 bits per heavy atom. The average Bonchev–Trinajstić information content (AvgIpc) is 3.44. The predicted octanol–water partition coefficient (Wildman–Crippen LogP) is 4.21. The lowest BCUT2D eigenvalue weighted by atomic mass is 9.85. The molecule has 0 heterocycles. The Bertz CT molecular complexity index is 931. The highest BCUT2D eigenvalue weighted by Crippen LogP contribution is 2.48. The minimum absolute atomic E-state index is 0.130. The maximum Gasteiger partial charge on any atom is 0.240 e. The van der Waals surface area contributed by atoms with Gasteiger partial charge < -0.3 is 10.6 Å². The molecule has 2 N–H and O–H groups in total. The average molecular weight is 361 g/mol. The summed E-state index contributed by atoms with van der Waals surface area (Å²) in [6, 6.07) is 16.5. The predicted molar refractivity (Wildman–Crippen MR) is 105 cm³/mol. The number of nitriles is 1. The summed E-state index contributed by atoms with van der Waals surface area (Å²) in [6.07, 6.45) is 0.994. The Balaban J connectivity index is 1.80. The number of amides is 2. The van der Waals surface area contributed by atoms with Gasteiger partial charge in [-0.15, -0.1) is 0 Å². The first-order chi connectivity index (χ1) is 12.8. The van der Waals surface area contributed by atoms with Crippen LogP contribution in [0.5, 0.6) is 0 Å². The van der Waals surface area contributed by atoms with E-state index in [9.17, 15) is 14.9 Å². The number of nitrogens with zero attached hydrogens (tertiary/aromatic N) is 1. The molecule has 2 aromatic rings. The van der Waals surface area contributed by atoms with Gasteiger partial charge in [0.1, 0.15) is 11.5 Å². The van der Waals surface area contributed by atoms with E-state index < -0.39 is 5.41 Å². The van der Waals surface area contributed by atoms with Crippen LogP contribution in [0.3, 0.4) is 0 Å². The highest BCUT2D eigenvalue weighted by Gasteiger charge is 2.56. The fourth-order valence-electron chi connectivity index (χ4n) is 3.10. The lowest BCUT2D eigenvalue weighted by Gasteiger charge is -2.24. The second-order valence-electron chi connectivity index (χ2n) is 7.94. The molecule has 0 aliphatic heterocycles. The van der Waals surface area contributed by atoms with Crippen LogP contribution in [0.25, 0.3) is 0 Å². The van der Waals surface area contributed by atoms with Gasteiger partial charge in [-0.2, -0.15) is 5.26 Å². The fraction of sp³-hybridized carbons (Fsp3) is 0.318. The minimum atomic E-state index is -1.08. The monoisotopic (exact) mass is 361 g/mol. The first kappa shape index (κ1) is 18.7. The molecule has 3 rings (SSSR count). The van der Waals surface area contributed by atoms with Crippen LogP contribution in [-0.2, 0) is 15.0 Å². The van der Waals surface area contributed by atoms with Crippen molar-refractivity contribution in [3.8, 4) is 6.07 Å². The number of carbonyl (C=O) groups excluding carboxylic acids is 2. The summed E-state index contributed by atoms with van der Waals surface area (Å²) in [5, 5.41) is 14.9. The summed E-state index contributed by atoms with van der Waals surface area (Å²) in [4.78, 5) is 25.7. The molecule has 2 amide bonds. The van der Waals surface area contributed by atoms with Crippen molar-refractivity contribution < 1.29 is 9.59 Å². The van der Waals surface area contributed by atoms with Gasteiger partial charge in [0.25, 0.3) is 0 Å². The maximum atomic E-state index is 12.9. The lowest BCUT2D eigenvalue weighted by molar-refractivity contribution is -0.131. The Morgan fingerprint density at radius 1 is 0.926 bits per heavy atom. The molecule has 0 atom stereocenters. The second-order valence-corrected chi connectivity index (χ2v) is 7.94. The zero-order valence-corrected chi connectivity index (χ0v) is 15.8. The van der Waals surface area contributed by atoms with Crippen LogP contribution in [0.15, 0.2) is 48.5 Å². The van der Waals surface area contributed by atoms with Gasteiger partial charge in [-0.3, -0.25) is 9.59 Å². The molecule has 1 aliphatic carbocycles. The first-order valence-electron chi connectivity index (χ1n) is 8.99. The van der Waals surface area contributed by atoms with Crippen LogP contribution in [0.4, 0.5) is 11.4 Å². The first-order valence-corrected chi connectivity index (χ1v) is 8.99. The van der Waals surface area contributed by atoms with Crippen LogP contribution in [0.1, 0.15) is 44.7 Å².